The minimum absolute atomic E-state index is 0.0107. The first kappa shape index (κ1) is 22.6. The summed E-state index contributed by atoms with van der Waals surface area (Å²) in [6, 6.07) is 7.96. The Kier molecular flexibility index (Phi) is 6.84. The molecule has 1 aliphatic rings. The highest BCUT2D eigenvalue weighted by Gasteiger charge is 2.39. The summed E-state index contributed by atoms with van der Waals surface area (Å²) in [5.41, 5.74) is -1.44. The summed E-state index contributed by atoms with van der Waals surface area (Å²) < 4.78 is 41.2. The number of hydrogen-bond donors (Lipinski definition) is 3. The lowest BCUT2D eigenvalue weighted by molar-refractivity contribution is -0.141. The summed E-state index contributed by atoms with van der Waals surface area (Å²) in [7, 11) is 0. The van der Waals surface area contributed by atoms with Crippen LogP contribution in [0.1, 0.15) is 29.9 Å². The van der Waals surface area contributed by atoms with Crippen LogP contribution in [0.15, 0.2) is 36.5 Å². The van der Waals surface area contributed by atoms with E-state index in [1.54, 1.807) is 35.2 Å². The van der Waals surface area contributed by atoms with Gasteiger partial charge in [0.25, 0.3) is 5.91 Å². The number of para-hydroxylation sites is 1. The number of piperazine rings is 1. The van der Waals surface area contributed by atoms with Gasteiger partial charge in [0.2, 0.25) is 0 Å². The predicted octanol–water partition coefficient (Wildman–Crippen LogP) is 2.01. The van der Waals surface area contributed by atoms with E-state index in [9.17, 15) is 22.8 Å². The van der Waals surface area contributed by atoms with Crippen LogP contribution < -0.4 is 16.0 Å². The second-order valence-electron chi connectivity index (χ2n) is 7.42. The number of urea groups is 1. The Bertz CT molecular complexity index is 905. The van der Waals surface area contributed by atoms with Crippen LogP contribution in [0.5, 0.6) is 0 Å². The topological polar surface area (TPSA) is 91.3 Å². The molecule has 2 aromatic rings. The molecule has 0 spiro atoms. The van der Waals surface area contributed by atoms with Crippen molar-refractivity contribution >= 4 is 11.9 Å². The van der Waals surface area contributed by atoms with E-state index in [0.717, 1.165) is 10.9 Å². The molecule has 1 aromatic carbocycles. The molecule has 0 bridgehead atoms. The number of benzene rings is 1. The molecular formula is C20H25F3N6O2. The van der Waals surface area contributed by atoms with E-state index in [4.69, 9.17) is 0 Å². The monoisotopic (exact) mass is 438 g/mol. The van der Waals surface area contributed by atoms with Gasteiger partial charge in [0, 0.05) is 44.5 Å². The Morgan fingerprint density at radius 3 is 2.32 bits per heavy atom. The molecule has 11 heteroatoms. The first-order valence-electron chi connectivity index (χ1n) is 9.96. The zero-order chi connectivity index (χ0) is 22.6. The van der Waals surface area contributed by atoms with Gasteiger partial charge >= 0.3 is 12.2 Å². The maximum atomic E-state index is 13.4. The van der Waals surface area contributed by atoms with Crippen molar-refractivity contribution in [3.63, 3.8) is 0 Å². The molecule has 0 saturated carbocycles. The molecule has 2 atom stereocenters. The molecule has 1 aromatic heterocycles. The van der Waals surface area contributed by atoms with Gasteiger partial charge < -0.3 is 20.9 Å². The van der Waals surface area contributed by atoms with Crippen LogP contribution in [0.2, 0.25) is 0 Å². The number of aromatic nitrogens is 2. The smallest absolute Gasteiger partial charge is 0.350 e. The second kappa shape index (κ2) is 9.38. The molecular weight excluding hydrogens is 413 g/mol. The number of carbonyl (C=O) groups is 2. The van der Waals surface area contributed by atoms with Crippen molar-refractivity contribution in [1.29, 1.82) is 0 Å². The Hall–Kier alpha value is -3.08. The summed E-state index contributed by atoms with van der Waals surface area (Å²) >= 11 is 0. The number of carbonyl (C=O) groups excluding carboxylic acids is 2. The molecule has 31 heavy (non-hydrogen) atoms. The predicted molar refractivity (Wildman–Crippen MR) is 108 cm³/mol. The van der Waals surface area contributed by atoms with Crippen LogP contribution in [0.3, 0.4) is 0 Å². The van der Waals surface area contributed by atoms with E-state index in [1.807, 2.05) is 13.8 Å². The third kappa shape index (κ3) is 5.35. The van der Waals surface area contributed by atoms with E-state index in [2.05, 4.69) is 21.0 Å². The molecule has 1 fully saturated rings. The summed E-state index contributed by atoms with van der Waals surface area (Å²) in [6.45, 7) is 5.27. The van der Waals surface area contributed by atoms with Crippen molar-refractivity contribution in [3.8, 4) is 5.69 Å². The first-order chi connectivity index (χ1) is 14.7. The van der Waals surface area contributed by atoms with Crippen LogP contribution in [0, 0.1) is 0 Å². The normalized spacial score (nSPS) is 19.2. The van der Waals surface area contributed by atoms with Crippen molar-refractivity contribution in [2.45, 2.75) is 32.1 Å². The van der Waals surface area contributed by atoms with Gasteiger partial charge in [-0.15, -0.1) is 0 Å². The Morgan fingerprint density at radius 1 is 1.10 bits per heavy atom. The van der Waals surface area contributed by atoms with Gasteiger partial charge in [-0.3, -0.25) is 4.79 Å². The van der Waals surface area contributed by atoms with E-state index in [-0.39, 0.29) is 31.2 Å². The minimum atomic E-state index is -4.78. The lowest BCUT2D eigenvalue weighted by Crippen LogP contribution is -2.60. The Labute approximate surface area is 177 Å². The fourth-order valence-electron chi connectivity index (χ4n) is 3.53. The van der Waals surface area contributed by atoms with Crippen molar-refractivity contribution in [3.05, 3.63) is 47.8 Å². The van der Waals surface area contributed by atoms with Gasteiger partial charge in [0.15, 0.2) is 5.69 Å². The SMILES string of the molecule is CC1CNCC(C)N1C(=O)NCCNC(=O)c1cn(-c2ccccc2)nc1C(F)(F)F. The highest BCUT2D eigenvalue weighted by atomic mass is 19.4. The fourth-order valence-corrected chi connectivity index (χ4v) is 3.53. The Balaban J connectivity index is 1.61. The quantitative estimate of drug-likeness (QED) is 0.623. The maximum Gasteiger partial charge on any atom is 0.435 e. The molecule has 0 aliphatic carbocycles. The summed E-state index contributed by atoms with van der Waals surface area (Å²) in [6.07, 6.45) is -3.73. The molecule has 168 valence electrons. The molecule has 2 heterocycles. The van der Waals surface area contributed by atoms with Crippen LogP contribution in [0.25, 0.3) is 5.69 Å². The van der Waals surface area contributed by atoms with Gasteiger partial charge in [-0.1, -0.05) is 18.2 Å². The van der Waals surface area contributed by atoms with Crippen molar-refractivity contribution in [2.24, 2.45) is 0 Å². The van der Waals surface area contributed by atoms with Crippen LogP contribution in [-0.2, 0) is 6.18 Å². The largest absolute Gasteiger partial charge is 0.435 e. The third-order valence-electron chi connectivity index (χ3n) is 5.00. The van der Waals surface area contributed by atoms with Gasteiger partial charge in [-0.25, -0.2) is 9.48 Å². The fraction of sp³-hybridized carbons (Fsp3) is 0.450. The van der Waals surface area contributed by atoms with Crippen LogP contribution >= 0.6 is 0 Å². The first-order valence-corrected chi connectivity index (χ1v) is 9.96. The summed E-state index contributed by atoms with van der Waals surface area (Å²) in [4.78, 5) is 26.5. The van der Waals surface area contributed by atoms with E-state index in [0.29, 0.717) is 18.8 Å². The molecule has 0 radical (unpaired) electrons. The van der Waals surface area contributed by atoms with E-state index >= 15 is 0 Å². The second-order valence-corrected chi connectivity index (χ2v) is 7.42. The average molecular weight is 438 g/mol. The number of nitrogens with zero attached hydrogens (tertiary/aromatic N) is 3. The average Bonchev–Trinajstić information content (AvgIpc) is 3.18. The van der Waals surface area contributed by atoms with Crippen molar-refractivity contribution in [2.75, 3.05) is 26.2 Å². The Morgan fingerprint density at radius 2 is 1.71 bits per heavy atom. The van der Waals surface area contributed by atoms with Gasteiger partial charge in [0.05, 0.1) is 11.3 Å². The molecule has 1 aliphatic heterocycles. The number of alkyl halides is 3. The third-order valence-corrected chi connectivity index (χ3v) is 5.00. The van der Waals surface area contributed by atoms with Crippen LogP contribution in [0.4, 0.5) is 18.0 Å². The number of hydrogen-bond acceptors (Lipinski definition) is 4. The zero-order valence-electron chi connectivity index (χ0n) is 17.2. The van der Waals surface area contributed by atoms with Gasteiger partial charge in [-0.2, -0.15) is 18.3 Å². The highest BCUT2D eigenvalue weighted by Crippen LogP contribution is 2.31. The number of amides is 3. The number of halogens is 3. The molecule has 3 N–H and O–H groups in total. The number of rotatable bonds is 5. The summed E-state index contributed by atoms with van der Waals surface area (Å²) in [5.74, 6) is -0.910. The lowest BCUT2D eigenvalue weighted by Gasteiger charge is -2.39. The molecule has 2 unspecified atom stereocenters. The van der Waals surface area contributed by atoms with Crippen molar-refractivity contribution < 1.29 is 22.8 Å². The standard InChI is InChI=1S/C20H25F3N6O2/c1-13-10-24-11-14(2)29(13)19(31)26-9-8-25-18(30)16-12-28(15-6-4-3-5-7-15)27-17(16)20(21,22)23/h3-7,12-14,24H,8-11H2,1-2H3,(H,25,30)(H,26,31). The zero-order valence-corrected chi connectivity index (χ0v) is 17.2. The van der Waals surface area contributed by atoms with Crippen molar-refractivity contribution in [1.82, 2.24) is 30.6 Å². The summed E-state index contributed by atoms with van der Waals surface area (Å²) in [5, 5.41) is 11.9. The molecule has 8 nitrogen and oxygen atoms in total. The number of nitrogens with one attached hydrogen (secondary N) is 3. The lowest BCUT2D eigenvalue weighted by atomic mass is 10.1. The van der Waals surface area contributed by atoms with Gasteiger partial charge in [-0.05, 0) is 26.0 Å². The molecule has 1 saturated heterocycles. The molecule has 3 amide bonds. The van der Waals surface area contributed by atoms with Crippen LogP contribution in [-0.4, -0.2) is 64.9 Å². The van der Waals surface area contributed by atoms with E-state index < -0.39 is 23.3 Å². The molecule has 3 rings (SSSR count). The van der Waals surface area contributed by atoms with Gasteiger partial charge in [0.1, 0.15) is 0 Å². The highest BCUT2D eigenvalue weighted by molar-refractivity contribution is 5.95. The van der Waals surface area contributed by atoms with E-state index in [1.165, 1.54) is 0 Å². The maximum absolute atomic E-state index is 13.4. The minimum Gasteiger partial charge on any atom is -0.350 e.